The van der Waals surface area contributed by atoms with Crippen molar-refractivity contribution in [3.63, 3.8) is 0 Å². The average molecular weight is 344 g/mol. The van der Waals surface area contributed by atoms with Crippen LogP contribution in [-0.4, -0.2) is 5.11 Å². The van der Waals surface area contributed by atoms with E-state index in [1.54, 1.807) is 44.2 Å². The van der Waals surface area contributed by atoms with Crippen molar-refractivity contribution in [3.8, 4) is 0 Å². The van der Waals surface area contributed by atoms with Crippen LogP contribution in [0.3, 0.4) is 0 Å². The van der Waals surface area contributed by atoms with E-state index in [1.807, 2.05) is 0 Å². The lowest BCUT2D eigenvalue weighted by molar-refractivity contribution is 0.220. The van der Waals surface area contributed by atoms with Crippen LogP contribution in [0.25, 0.3) is 0 Å². The predicted molar refractivity (Wildman–Crippen MR) is 79.1 cm³/mol. The standard InChI is InChI=1S/C15H13BrClFO/c1-8-6-10(7-9(2)14(8)18)15(19)11-4-3-5-12(16)13(11)17/h3-7,15,19H,1-2H3. The Bertz CT molecular complexity index is 605. The van der Waals surface area contributed by atoms with Crippen LogP contribution < -0.4 is 0 Å². The summed E-state index contributed by atoms with van der Waals surface area (Å²) < 4.78 is 14.3. The van der Waals surface area contributed by atoms with Gasteiger partial charge < -0.3 is 5.11 Å². The van der Waals surface area contributed by atoms with E-state index in [4.69, 9.17) is 11.6 Å². The summed E-state index contributed by atoms with van der Waals surface area (Å²) in [5, 5.41) is 10.9. The molecule has 1 unspecified atom stereocenters. The van der Waals surface area contributed by atoms with E-state index in [2.05, 4.69) is 15.9 Å². The molecule has 4 heteroatoms. The van der Waals surface area contributed by atoms with E-state index in [1.165, 1.54) is 0 Å². The number of aliphatic hydroxyl groups is 1. The highest BCUT2D eigenvalue weighted by Gasteiger charge is 2.17. The molecule has 0 fully saturated rings. The first-order chi connectivity index (χ1) is 8.91. The molecular formula is C15H13BrClFO. The van der Waals surface area contributed by atoms with Gasteiger partial charge in [0, 0.05) is 10.0 Å². The second-order valence-corrected chi connectivity index (χ2v) is 5.75. The molecule has 1 N–H and O–H groups in total. The SMILES string of the molecule is Cc1cc(C(O)c2cccc(Br)c2Cl)cc(C)c1F. The number of benzene rings is 2. The minimum absolute atomic E-state index is 0.240. The predicted octanol–water partition coefficient (Wildman–Crippen LogP) is 4.94. The van der Waals surface area contributed by atoms with E-state index in [0.717, 1.165) is 4.47 Å². The Morgan fingerprint density at radius 1 is 1.21 bits per heavy atom. The molecule has 2 rings (SSSR count). The molecule has 0 saturated heterocycles. The lowest BCUT2D eigenvalue weighted by Gasteiger charge is -2.16. The molecule has 0 spiro atoms. The third kappa shape index (κ3) is 2.83. The van der Waals surface area contributed by atoms with Crippen LogP contribution in [0, 0.1) is 19.7 Å². The van der Waals surface area contributed by atoms with Gasteiger partial charge in [0.05, 0.1) is 5.02 Å². The van der Waals surface area contributed by atoms with Gasteiger partial charge in [-0.25, -0.2) is 4.39 Å². The molecule has 0 aliphatic rings. The fourth-order valence-corrected chi connectivity index (χ4v) is 2.66. The van der Waals surface area contributed by atoms with Gasteiger partial charge >= 0.3 is 0 Å². The van der Waals surface area contributed by atoms with Crippen LogP contribution in [-0.2, 0) is 0 Å². The Balaban J connectivity index is 2.50. The Kier molecular flexibility index (Phi) is 4.29. The van der Waals surface area contributed by atoms with E-state index in [0.29, 0.717) is 27.3 Å². The summed E-state index contributed by atoms with van der Waals surface area (Å²) in [7, 11) is 0. The van der Waals surface area contributed by atoms with E-state index >= 15 is 0 Å². The molecule has 0 aliphatic carbocycles. The summed E-state index contributed by atoms with van der Waals surface area (Å²) in [6.45, 7) is 3.36. The molecular weight excluding hydrogens is 331 g/mol. The van der Waals surface area contributed by atoms with Gasteiger partial charge in [-0.05, 0) is 52.5 Å². The summed E-state index contributed by atoms with van der Waals surface area (Å²) in [6, 6.07) is 8.65. The number of hydrogen-bond donors (Lipinski definition) is 1. The summed E-state index contributed by atoms with van der Waals surface area (Å²) in [5.41, 5.74) is 2.26. The molecule has 100 valence electrons. The smallest absolute Gasteiger partial charge is 0.129 e. The van der Waals surface area contributed by atoms with Crippen molar-refractivity contribution in [2.24, 2.45) is 0 Å². The largest absolute Gasteiger partial charge is 0.384 e. The third-order valence-corrected chi connectivity index (χ3v) is 4.36. The molecule has 0 heterocycles. The minimum Gasteiger partial charge on any atom is -0.384 e. The van der Waals surface area contributed by atoms with Gasteiger partial charge in [0.1, 0.15) is 11.9 Å². The van der Waals surface area contributed by atoms with E-state index in [-0.39, 0.29) is 5.82 Å². The Hall–Kier alpha value is -0.900. The quantitative estimate of drug-likeness (QED) is 0.819. The zero-order chi connectivity index (χ0) is 14.2. The fraction of sp³-hybridized carbons (Fsp3) is 0.200. The van der Waals surface area contributed by atoms with Crippen LogP contribution in [0.5, 0.6) is 0 Å². The highest BCUT2D eigenvalue weighted by Crippen LogP contribution is 2.34. The first kappa shape index (κ1) is 14.5. The maximum Gasteiger partial charge on any atom is 0.129 e. The number of hydrogen-bond acceptors (Lipinski definition) is 1. The summed E-state index contributed by atoms with van der Waals surface area (Å²) in [6.07, 6.45) is -0.872. The van der Waals surface area contributed by atoms with Crippen molar-refractivity contribution in [1.82, 2.24) is 0 Å². The van der Waals surface area contributed by atoms with Crippen molar-refractivity contribution in [2.75, 3.05) is 0 Å². The second-order valence-electron chi connectivity index (χ2n) is 4.51. The first-order valence-electron chi connectivity index (χ1n) is 5.80. The molecule has 2 aromatic rings. The zero-order valence-corrected chi connectivity index (χ0v) is 12.9. The highest BCUT2D eigenvalue weighted by molar-refractivity contribution is 9.10. The van der Waals surface area contributed by atoms with Gasteiger partial charge in [-0.1, -0.05) is 35.9 Å². The van der Waals surface area contributed by atoms with Gasteiger partial charge in [0.25, 0.3) is 0 Å². The average Bonchev–Trinajstić information content (AvgIpc) is 2.38. The van der Waals surface area contributed by atoms with E-state index < -0.39 is 6.10 Å². The van der Waals surface area contributed by atoms with Crippen molar-refractivity contribution < 1.29 is 9.50 Å². The molecule has 0 bridgehead atoms. The number of aryl methyl sites for hydroxylation is 2. The molecule has 1 atom stereocenters. The topological polar surface area (TPSA) is 20.2 Å². The van der Waals surface area contributed by atoms with Crippen LogP contribution in [0.2, 0.25) is 5.02 Å². The molecule has 0 amide bonds. The van der Waals surface area contributed by atoms with Crippen LogP contribution >= 0.6 is 27.5 Å². The Morgan fingerprint density at radius 3 is 2.37 bits per heavy atom. The van der Waals surface area contributed by atoms with E-state index in [9.17, 15) is 9.50 Å². The van der Waals surface area contributed by atoms with Gasteiger partial charge in [-0.3, -0.25) is 0 Å². The van der Waals surface area contributed by atoms with Crippen LogP contribution in [0.1, 0.15) is 28.4 Å². The Labute approximate surface area is 125 Å². The van der Waals surface area contributed by atoms with Crippen LogP contribution in [0.4, 0.5) is 4.39 Å². The molecule has 0 aliphatic heterocycles. The number of halogens is 3. The third-order valence-electron chi connectivity index (χ3n) is 3.05. The number of rotatable bonds is 2. The van der Waals surface area contributed by atoms with Crippen molar-refractivity contribution in [1.29, 1.82) is 0 Å². The monoisotopic (exact) mass is 342 g/mol. The normalized spacial score (nSPS) is 12.5. The number of aliphatic hydroxyl groups excluding tert-OH is 1. The van der Waals surface area contributed by atoms with Crippen molar-refractivity contribution in [2.45, 2.75) is 20.0 Å². The second kappa shape index (κ2) is 5.61. The maximum absolute atomic E-state index is 13.6. The lowest BCUT2D eigenvalue weighted by Crippen LogP contribution is -2.03. The zero-order valence-electron chi connectivity index (χ0n) is 10.5. The molecule has 1 nitrogen and oxygen atoms in total. The maximum atomic E-state index is 13.6. The van der Waals surface area contributed by atoms with Gasteiger partial charge in [0.15, 0.2) is 0 Å². The molecule has 0 aromatic heterocycles. The molecule has 19 heavy (non-hydrogen) atoms. The molecule has 0 saturated carbocycles. The van der Waals surface area contributed by atoms with Crippen molar-refractivity contribution >= 4 is 27.5 Å². The molecule has 2 aromatic carbocycles. The highest BCUT2D eigenvalue weighted by atomic mass is 79.9. The summed E-state index contributed by atoms with van der Waals surface area (Å²) in [4.78, 5) is 0. The fourth-order valence-electron chi connectivity index (χ4n) is 2.05. The first-order valence-corrected chi connectivity index (χ1v) is 6.97. The lowest BCUT2D eigenvalue weighted by atomic mass is 9.97. The van der Waals surface area contributed by atoms with Gasteiger partial charge in [-0.2, -0.15) is 0 Å². The summed E-state index contributed by atoms with van der Waals surface area (Å²) >= 11 is 9.49. The Morgan fingerprint density at radius 2 is 1.79 bits per heavy atom. The summed E-state index contributed by atoms with van der Waals surface area (Å²) in [5.74, 6) is -0.240. The van der Waals surface area contributed by atoms with Gasteiger partial charge in [0.2, 0.25) is 0 Å². The van der Waals surface area contributed by atoms with Crippen molar-refractivity contribution in [3.05, 3.63) is 67.9 Å². The molecule has 0 radical (unpaired) electrons. The minimum atomic E-state index is -0.872. The van der Waals surface area contributed by atoms with Crippen LogP contribution in [0.15, 0.2) is 34.8 Å². The van der Waals surface area contributed by atoms with Gasteiger partial charge in [-0.15, -0.1) is 0 Å².